The summed E-state index contributed by atoms with van der Waals surface area (Å²) in [4.78, 5) is 17.7. The third-order valence-corrected chi connectivity index (χ3v) is 6.19. The fraction of sp³-hybridized carbons (Fsp3) is 0.500. The zero-order valence-corrected chi connectivity index (χ0v) is 19.8. The Bertz CT molecular complexity index is 776. The van der Waals surface area contributed by atoms with E-state index in [1.54, 1.807) is 39.7 Å². The molecule has 0 bridgehead atoms. The first-order chi connectivity index (χ1) is 15.1. The van der Waals surface area contributed by atoms with Crippen LogP contribution < -0.4 is 19.5 Å². The van der Waals surface area contributed by atoms with E-state index in [0.29, 0.717) is 22.9 Å². The molecule has 31 heavy (non-hydrogen) atoms. The van der Waals surface area contributed by atoms with Crippen molar-refractivity contribution in [3.63, 3.8) is 0 Å². The van der Waals surface area contributed by atoms with Gasteiger partial charge in [-0.3, -0.25) is 4.79 Å². The van der Waals surface area contributed by atoms with Crippen molar-refractivity contribution in [3.8, 4) is 17.2 Å². The van der Waals surface area contributed by atoms with Crippen LogP contribution in [0.25, 0.3) is 0 Å². The Hall–Kier alpha value is -2.41. The van der Waals surface area contributed by atoms with E-state index in [-0.39, 0.29) is 11.2 Å². The van der Waals surface area contributed by atoms with Crippen LogP contribution >= 0.6 is 11.8 Å². The fourth-order valence-electron chi connectivity index (χ4n) is 3.25. The lowest BCUT2D eigenvalue weighted by atomic mass is 10.1. The van der Waals surface area contributed by atoms with E-state index in [9.17, 15) is 4.79 Å². The molecule has 170 valence electrons. The molecule has 7 heteroatoms. The molecule has 0 aliphatic rings. The van der Waals surface area contributed by atoms with Crippen LogP contribution in [0.3, 0.4) is 0 Å². The molecule has 0 radical (unpaired) electrons. The monoisotopic (exact) mass is 446 g/mol. The molecular weight excluding hydrogens is 412 g/mol. The SMILES string of the molecule is CCCCCCCCC(Sc1ccccn1)C(=O)Nc1c(OC)cc(OC)cc1OC. The Morgan fingerprint density at radius 1 is 1.00 bits per heavy atom. The summed E-state index contributed by atoms with van der Waals surface area (Å²) in [5.74, 6) is 1.49. The number of carbonyl (C=O) groups excluding carboxylic acids is 1. The molecule has 1 atom stereocenters. The van der Waals surface area contributed by atoms with Crippen LogP contribution in [0.1, 0.15) is 51.9 Å². The molecule has 1 amide bonds. The summed E-state index contributed by atoms with van der Waals surface area (Å²) in [6.45, 7) is 2.21. The minimum Gasteiger partial charge on any atom is -0.496 e. The summed E-state index contributed by atoms with van der Waals surface area (Å²) < 4.78 is 16.2. The number of nitrogens with zero attached hydrogens (tertiary/aromatic N) is 1. The topological polar surface area (TPSA) is 69.7 Å². The molecule has 2 aromatic rings. The van der Waals surface area contributed by atoms with Crippen LogP contribution in [-0.4, -0.2) is 37.5 Å². The number of aromatic nitrogens is 1. The molecule has 1 heterocycles. The normalized spacial score (nSPS) is 11.6. The largest absolute Gasteiger partial charge is 0.496 e. The van der Waals surface area contributed by atoms with Gasteiger partial charge in [-0.1, -0.05) is 63.3 Å². The van der Waals surface area contributed by atoms with Crippen molar-refractivity contribution in [3.05, 3.63) is 36.5 Å². The van der Waals surface area contributed by atoms with Crippen molar-refractivity contribution < 1.29 is 19.0 Å². The predicted octanol–water partition coefficient (Wildman–Crippen LogP) is 5.96. The minimum absolute atomic E-state index is 0.0917. The standard InChI is InChI=1S/C24H34N2O4S/c1-5-6-7-8-9-10-13-21(31-22-14-11-12-15-25-22)24(27)26-23-19(29-3)16-18(28-2)17-20(23)30-4/h11-12,14-17,21H,5-10,13H2,1-4H3,(H,26,27). The lowest BCUT2D eigenvalue weighted by molar-refractivity contribution is -0.115. The highest BCUT2D eigenvalue weighted by Gasteiger charge is 2.24. The quantitative estimate of drug-likeness (QED) is 0.285. The average molecular weight is 447 g/mol. The van der Waals surface area contributed by atoms with Gasteiger partial charge in [0.05, 0.1) is 31.6 Å². The fourth-order valence-corrected chi connectivity index (χ4v) is 4.27. The van der Waals surface area contributed by atoms with Gasteiger partial charge < -0.3 is 19.5 Å². The maximum Gasteiger partial charge on any atom is 0.238 e. The van der Waals surface area contributed by atoms with Crippen molar-refractivity contribution in [2.24, 2.45) is 0 Å². The molecule has 2 rings (SSSR count). The first-order valence-electron chi connectivity index (χ1n) is 10.8. The van der Waals surface area contributed by atoms with E-state index in [1.807, 2.05) is 18.2 Å². The van der Waals surface area contributed by atoms with Gasteiger partial charge in [0.25, 0.3) is 0 Å². The number of benzene rings is 1. The molecule has 0 saturated carbocycles. The number of amides is 1. The number of thioether (sulfide) groups is 1. The summed E-state index contributed by atoms with van der Waals surface area (Å²) in [6, 6.07) is 9.20. The third kappa shape index (κ3) is 7.98. The first kappa shape index (κ1) is 24.9. The second-order valence-corrected chi connectivity index (χ2v) is 8.45. The third-order valence-electron chi connectivity index (χ3n) is 4.98. The van der Waals surface area contributed by atoms with Crippen molar-refractivity contribution in [1.29, 1.82) is 0 Å². The average Bonchev–Trinajstić information content (AvgIpc) is 2.81. The number of anilines is 1. The van der Waals surface area contributed by atoms with Gasteiger partial charge in [-0.2, -0.15) is 0 Å². The minimum atomic E-state index is -0.266. The van der Waals surface area contributed by atoms with Crippen LogP contribution in [0.2, 0.25) is 0 Å². The number of nitrogens with one attached hydrogen (secondary N) is 1. The lowest BCUT2D eigenvalue weighted by Crippen LogP contribution is -2.26. The van der Waals surface area contributed by atoms with Crippen LogP contribution in [0, 0.1) is 0 Å². The van der Waals surface area contributed by atoms with Crippen molar-refractivity contribution in [1.82, 2.24) is 4.98 Å². The van der Waals surface area contributed by atoms with Crippen LogP contribution in [0.15, 0.2) is 41.6 Å². The molecule has 1 aromatic heterocycles. The number of hydrogen-bond donors (Lipinski definition) is 1. The molecule has 0 aliphatic heterocycles. The first-order valence-corrected chi connectivity index (χ1v) is 11.7. The van der Waals surface area contributed by atoms with Gasteiger partial charge in [-0.05, 0) is 18.6 Å². The zero-order valence-electron chi connectivity index (χ0n) is 19.0. The summed E-state index contributed by atoms with van der Waals surface area (Å²) >= 11 is 1.49. The Labute approximate surface area is 190 Å². The summed E-state index contributed by atoms with van der Waals surface area (Å²) in [7, 11) is 4.69. The number of unbranched alkanes of at least 4 members (excludes halogenated alkanes) is 5. The molecular formula is C24H34N2O4S. The highest BCUT2D eigenvalue weighted by Crippen LogP contribution is 2.39. The Kier molecular flexibility index (Phi) is 11.1. The zero-order chi connectivity index (χ0) is 22.5. The Morgan fingerprint density at radius 3 is 2.26 bits per heavy atom. The summed E-state index contributed by atoms with van der Waals surface area (Å²) in [5, 5.41) is 3.59. The Balaban J connectivity index is 2.14. The van der Waals surface area contributed by atoms with E-state index in [1.165, 1.54) is 37.4 Å². The van der Waals surface area contributed by atoms with Crippen molar-refractivity contribution >= 4 is 23.4 Å². The van der Waals surface area contributed by atoms with E-state index >= 15 is 0 Å². The molecule has 0 aliphatic carbocycles. The highest BCUT2D eigenvalue weighted by atomic mass is 32.2. The maximum absolute atomic E-state index is 13.3. The second kappa shape index (κ2) is 13.8. The molecule has 1 aromatic carbocycles. The Morgan fingerprint density at radius 2 is 1.68 bits per heavy atom. The van der Waals surface area contributed by atoms with E-state index in [4.69, 9.17) is 14.2 Å². The van der Waals surface area contributed by atoms with Gasteiger partial charge >= 0.3 is 0 Å². The van der Waals surface area contributed by atoms with Gasteiger partial charge in [0, 0.05) is 18.3 Å². The number of rotatable bonds is 14. The van der Waals surface area contributed by atoms with E-state index in [2.05, 4.69) is 17.2 Å². The van der Waals surface area contributed by atoms with Crippen LogP contribution in [0.4, 0.5) is 5.69 Å². The molecule has 0 spiro atoms. The van der Waals surface area contributed by atoms with Crippen LogP contribution in [0.5, 0.6) is 17.2 Å². The van der Waals surface area contributed by atoms with Crippen molar-refractivity contribution in [2.75, 3.05) is 26.6 Å². The molecule has 6 nitrogen and oxygen atoms in total. The molecule has 1 unspecified atom stereocenters. The second-order valence-electron chi connectivity index (χ2n) is 7.23. The highest BCUT2D eigenvalue weighted by molar-refractivity contribution is 8.00. The van der Waals surface area contributed by atoms with Gasteiger partial charge in [-0.25, -0.2) is 4.98 Å². The number of hydrogen-bond acceptors (Lipinski definition) is 6. The summed E-state index contributed by atoms with van der Waals surface area (Å²) in [6.07, 6.45) is 9.60. The van der Waals surface area contributed by atoms with Crippen molar-refractivity contribution in [2.45, 2.75) is 62.1 Å². The number of methoxy groups -OCH3 is 3. The number of pyridine rings is 1. The maximum atomic E-state index is 13.3. The van der Waals surface area contributed by atoms with Gasteiger partial charge in [-0.15, -0.1) is 0 Å². The predicted molar refractivity (Wildman–Crippen MR) is 127 cm³/mol. The van der Waals surface area contributed by atoms with Gasteiger partial charge in [0.15, 0.2) is 0 Å². The van der Waals surface area contributed by atoms with Gasteiger partial charge in [0.1, 0.15) is 22.9 Å². The van der Waals surface area contributed by atoms with Crippen LogP contribution in [-0.2, 0) is 4.79 Å². The number of ether oxygens (including phenoxy) is 3. The van der Waals surface area contributed by atoms with E-state index in [0.717, 1.165) is 24.3 Å². The molecule has 1 N–H and O–H groups in total. The van der Waals surface area contributed by atoms with E-state index < -0.39 is 0 Å². The smallest absolute Gasteiger partial charge is 0.238 e. The van der Waals surface area contributed by atoms with Gasteiger partial charge in [0.2, 0.25) is 5.91 Å². The molecule has 0 fully saturated rings. The number of carbonyl (C=O) groups is 1. The summed E-state index contributed by atoms with van der Waals surface area (Å²) in [5.41, 5.74) is 0.505. The molecule has 0 saturated heterocycles. The lowest BCUT2D eigenvalue weighted by Gasteiger charge is -2.19.